The number of hydrogen-bond acceptors (Lipinski definition) is 4. The third-order valence-electron chi connectivity index (χ3n) is 2.84. The van der Waals surface area contributed by atoms with Gasteiger partial charge in [0.05, 0.1) is 4.92 Å². The fraction of sp³-hybridized carbons (Fsp3) is 0.0714. The summed E-state index contributed by atoms with van der Waals surface area (Å²) < 4.78 is 0. The van der Waals surface area contributed by atoms with Crippen molar-refractivity contribution in [3.05, 3.63) is 58.1 Å². The molecule has 0 atom stereocenters. The summed E-state index contributed by atoms with van der Waals surface area (Å²) >= 11 is 1.53. The van der Waals surface area contributed by atoms with Gasteiger partial charge in [-0.2, -0.15) is 0 Å². The first-order chi connectivity index (χ1) is 9.54. The van der Waals surface area contributed by atoms with Gasteiger partial charge >= 0.3 is 5.97 Å². The minimum atomic E-state index is -1.30. The van der Waals surface area contributed by atoms with Crippen molar-refractivity contribution in [2.75, 3.05) is 6.26 Å². The molecule has 0 bridgehead atoms. The van der Waals surface area contributed by atoms with Crippen LogP contribution in [-0.2, 0) is 0 Å². The number of nitrogens with zero attached hydrogens (tertiary/aromatic N) is 1. The number of nitro benzene ring substituents is 1. The number of carbonyl (C=O) groups is 1. The second-order valence-corrected chi connectivity index (χ2v) is 4.84. The Bertz CT molecular complexity index is 685. The summed E-state index contributed by atoms with van der Waals surface area (Å²) in [6.45, 7) is 0. The molecule has 0 radical (unpaired) electrons. The summed E-state index contributed by atoms with van der Waals surface area (Å²) in [4.78, 5) is 22.3. The fourth-order valence-corrected chi connectivity index (χ4v) is 2.53. The molecule has 6 heteroatoms. The highest BCUT2D eigenvalue weighted by Gasteiger charge is 2.20. The lowest BCUT2D eigenvalue weighted by atomic mass is 10.0. The molecule has 1 N–H and O–H groups in total. The Kier molecular flexibility index (Phi) is 4.05. The van der Waals surface area contributed by atoms with Crippen LogP contribution in [0, 0.1) is 10.1 Å². The monoisotopic (exact) mass is 289 g/mol. The molecule has 0 amide bonds. The van der Waals surface area contributed by atoms with Crippen molar-refractivity contribution in [2.24, 2.45) is 0 Å². The van der Waals surface area contributed by atoms with E-state index < -0.39 is 16.6 Å². The van der Waals surface area contributed by atoms with E-state index in [-0.39, 0.29) is 5.56 Å². The van der Waals surface area contributed by atoms with Crippen molar-refractivity contribution in [1.82, 2.24) is 0 Å². The Hall–Kier alpha value is -2.34. The topological polar surface area (TPSA) is 80.4 Å². The molecule has 0 heterocycles. The molecule has 0 aliphatic carbocycles. The van der Waals surface area contributed by atoms with E-state index >= 15 is 0 Å². The average Bonchev–Trinajstić information content (AvgIpc) is 2.46. The lowest BCUT2D eigenvalue weighted by molar-refractivity contribution is -0.385. The highest BCUT2D eigenvalue weighted by Crippen LogP contribution is 2.33. The number of hydrogen-bond donors (Lipinski definition) is 1. The summed E-state index contributed by atoms with van der Waals surface area (Å²) in [6.07, 6.45) is 1.92. The van der Waals surface area contributed by atoms with Crippen LogP contribution in [0.5, 0.6) is 0 Å². The zero-order valence-corrected chi connectivity index (χ0v) is 11.4. The second kappa shape index (κ2) is 5.75. The first-order valence-electron chi connectivity index (χ1n) is 5.69. The molecular weight excluding hydrogens is 278 g/mol. The van der Waals surface area contributed by atoms with Gasteiger partial charge in [-0.05, 0) is 29.5 Å². The van der Waals surface area contributed by atoms with Crippen LogP contribution in [0.15, 0.2) is 47.4 Å². The molecule has 2 aromatic carbocycles. The largest absolute Gasteiger partial charge is 0.477 e. The maximum Gasteiger partial charge on any atom is 0.342 e. The van der Waals surface area contributed by atoms with Crippen LogP contribution >= 0.6 is 11.8 Å². The maximum absolute atomic E-state index is 11.0. The Morgan fingerprint density at radius 2 is 1.95 bits per heavy atom. The van der Waals surface area contributed by atoms with Gasteiger partial charge in [0.25, 0.3) is 5.69 Å². The van der Waals surface area contributed by atoms with Crippen LogP contribution in [-0.4, -0.2) is 22.3 Å². The van der Waals surface area contributed by atoms with Crippen molar-refractivity contribution < 1.29 is 14.8 Å². The number of thioether (sulfide) groups is 1. The average molecular weight is 289 g/mol. The second-order valence-electron chi connectivity index (χ2n) is 3.99. The van der Waals surface area contributed by atoms with E-state index in [1.165, 1.54) is 23.9 Å². The molecule has 0 aromatic heterocycles. The number of rotatable bonds is 4. The predicted molar refractivity (Wildman–Crippen MR) is 77.3 cm³/mol. The van der Waals surface area contributed by atoms with Crippen LogP contribution in [0.1, 0.15) is 10.4 Å². The molecule has 0 spiro atoms. The highest BCUT2D eigenvalue weighted by atomic mass is 32.2. The summed E-state index contributed by atoms with van der Waals surface area (Å²) in [5.74, 6) is -1.30. The van der Waals surface area contributed by atoms with Gasteiger partial charge in [-0.3, -0.25) is 10.1 Å². The number of benzene rings is 2. The van der Waals surface area contributed by atoms with E-state index in [4.69, 9.17) is 5.11 Å². The standard InChI is InChI=1S/C14H11NO4S/c1-20-13-5-3-2-4-10(13)9-6-7-11(14(16)17)12(8-9)15(18)19/h2-8H,1H3,(H,16,17). The van der Waals surface area contributed by atoms with Crippen LogP contribution < -0.4 is 0 Å². The maximum atomic E-state index is 11.0. The van der Waals surface area contributed by atoms with Gasteiger partial charge in [-0.1, -0.05) is 24.3 Å². The highest BCUT2D eigenvalue weighted by molar-refractivity contribution is 7.98. The van der Waals surface area contributed by atoms with Crippen LogP contribution in [0.4, 0.5) is 5.69 Å². The first kappa shape index (κ1) is 14.1. The SMILES string of the molecule is CSc1ccccc1-c1ccc(C(=O)O)c([N+](=O)[O-])c1. The zero-order chi connectivity index (χ0) is 14.7. The smallest absolute Gasteiger partial charge is 0.342 e. The van der Waals surface area contributed by atoms with E-state index in [1.807, 2.05) is 30.5 Å². The lowest BCUT2D eigenvalue weighted by Crippen LogP contribution is -2.02. The minimum Gasteiger partial charge on any atom is -0.477 e. The fourth-order valence-electron chi connectivity index (χ4n) is 1.91. The van der Waals surface area contributed by atoms with E-state index in [0.29, 0.717) is 5.56 Å². The van der Waals surface area contributed by atoms with Crippen molar-refractivity contribution in [1.29, 1.82) is 0 Å². The van der Waals surface area contributed by atoms with E-state index in [2.05, 4.69) is 0 Å². The zero-order valence-electron chi connectivity index (χ0n) is 10.6. The Balaban J connectivity index is 2.62. The molecule has 0 fully saturated rings. The molecule has 0 aliphatic rings. The molecule has 102 valence electrons. The number of carboxylic acids is 1. The van der Waals surface area contributed by atoms with Crippen LogP contribution in [0.3, 0.4) is 0 Å². The van der Waals surface area contributed by atoms with Gasteiger partial charge in [-0.15, -0.1) is 11.8 Å². The van der Waals surface area contributed by atoms with Gasteiger partial charge < -0.3 is 5.11 Å². The molecule has 0 unspecified atom stereocenters. The van der Waals surface area contributed by atoms with Gasteiger partial charge in [0.1, 0.15) is 5.56 Å². The third-order valence-corrected chi connectivity index (χ3v) is 3.64. The molecular formula is C14H11NO4S. The van der Waals surface area contributed by atoms with Gasteiger partial charge in [0.2, 0.25) is 0 Å². The van der Waals surface area contributed by atoms with Crippen molar-refractivity contribution in [3.8, 4) is 11.1 Å². The Morgan fingerprint density at radius 1 is 1.25 bits per heavy atom. The van der Waals surface area contributed by atoms with E-state index in [0.717, 1.165) is 10.5 Å². The Morgan fingerprint density at radius 3 is 2.55 bits per heavy atom. The third kappa shape index (κ3) is 2.65. The number of nitro groups is 1. The molecule has 0 saturated carbocycles. The summed E-state index contributed by atoms with van der Waals surface area (Å²) in [5, 5.41) is 20.0. The molecule has 2 rings (SSSR count). The Labute approximate surface area is 119 Å². The lowest BCUT2D eigenvalue weighted by Gasteiger charge is -2.08. The van der Waals surface area contributed by atoms with E-state index in [1.54, 1.807) is 6.07 Å². The predicted octanol–water partition coefficient (Wildman–Crippen LogP) is 3.68. The van der Waals surface area contributed by atoms with Crippen molar-refractivity contribution in [2.45, 2.75) is 4.90 Å². The number of carboxylic acid groups (broad SMARTS) is 1. The molecule has 5 nitrogen and oxygen atoms in total. The first-order valence-corrected chi connectivity index (χ1v) is 6.92. The van der Waals surface area contributed by atoms with Crippen LogP contribution in [0.25, 0.3) is 11.1 Å². The minimum absolute atomic E-state index is 0.305. The normalized spacial score (nSPS) is 10.2. The molecule has 20 heavy (non-hydrogen) atoms. The van der Waals surface area contributed by atoms with E-state index in [9.17, 15) is 14.9 Å². The molecule has 2 aromatic rings. The summed E-state index contributed by atoms with van der Waals surface area (Å²) in [5.41, 5.74) is 0.776. The van der Waals surface area contributed by atoms with Crippen molar-refractivity contribution in [3.63, 3.8) is 0 Å². The number of aromatic carboxylic acids is 1. The molecule has 0 saturated heterocycles. The summed E-state index contributed by atoms with van der Waals surface area (Å²) in [7, 11) is 0. The summed E-state index contributed by atoms with van der Waals surface area (Å²) in [6, 6.07) is 11.7. The quantitative estimate of drug-likeness (QED) is 0.527. The van der Waals surface area contributed by atoms with Gasteiger partial charge in [0.15, 0.2) is 0 Å². The van der Waals surface area contributed by atoms with Crippen LogP contribution in [0.2, 0.25) is 0 Å². The van der Waals surface area contributed by atoms with Gasteiger partial charge in [0, 0.05) is 11.0 Å². The van der Waals surface area contributed by atoms with Crippen molar-refractivity contribution >= 4 is 23.4 Å². The molecule has 0 aliphatic heterocycles. The van der Waals surface area contributed by atoms with Gasteiger partial charge in [-0.25, -0.2) is 4.79 Å².